The van der Waals surface area contributed by atoms with Gasteiger partial charge in [-0.1, -0.05) is 49.7 Å². The van der Waals surface area contributed by atoms with Crippen LogP contribution in [-0.4, -0.2) is 19.6 Å². The van der Waals surface area contributed by atoms with E-state index in [1.54, 1.807) is 18.2 Å². The molecule has 0 radical (unpaired) electrons. The molecule has 1 N–H and O–H groups in total. The number of aromatic hydroxyl groups is 1. The molecule has 6 rings (SSSR count). The zero-order chi connectivity index (χ0) is 28.2. The summed E-state index contributed by atoms with van der Waals surface area (Å²) in [6, 6.07) is 23.6. The van der Waals surface area contributed by atoms with Gasteiger partial charge in [-0.15, -0.1) is 17.5 Å². The van der Waals surface area contributed by atoms with Crippen molar-refractivity contribution in [2.75, 3.05) is 0 Å². The second-order valence-corrected chi connectivity index (χ2v) is 9.14. The zero-order valence-corrected chi connectivity index (χ0v) is 23.6. The molecule has 3 heterocycles. The number of rotatable bonds is 5. The van der Waals surface area contributed by atoms with Crippen LogP contribution >= 0.6 is 0 Å². The fourth-order valence-electron chi connectivity index (χ4n) is 5.08. The third-order valence-electron chi connectivity index (χ3n) is 6.98. The van der Waals surface area contributed by atoms with Gasteiger partial charge in [0.15, 0.2) is 0 Å². The van der Waals surface area contributed by atoms with E-state index in [-0.39, 0.29) is 43.8 Å². The predicted octanol–water partition coefficient (Wildman–Crippen LogP) is 7.76. The minimum absolute atomic E-state index is 0. The van der Waals surface area contributed by atoms with Crippen molar-refractivity contribution in [2.24, 2.45) is 0 Å². The molecule has 5 nitrogen and oxygen atoms in total. The molecule has 0 fully saturated rings. The first-order valence-corrected chi connectivity index (χ1v) is 12.5. The monoisotopic (exact) mass is 684 g/mol. The van der Waals surface area contributed by atoms with E-state index in [1.807, 2.05) is 18.2 Å². The summed E-state index contributed by atoms with van der Waals surface area (Å²) in [7, 11) is 0. The van der Waals surface area contributed by atoms with E-state index in [1.165, 1.54) is 23.3 Å². The SMILES string of the molecule is [2H]C([2H])([2H])c1cc(Oc2[c-]c3c(cc2)c2ccccc2n3-c2cc(CC)c(C)c(CC)n2)nc2c(O)cccc12.[Pt]. The van der Waals surface area contributed by atoms with Crippen molar-refractivity contribution in [2.45, 2.75) is 40.5 Å². The van der Waals surface area contributed by atoms with Crippen LogP contribution in [0.4, 0.5) is 0 Å². The second kappa shape index (κ2) is 10.2. The molecule has 0 atom stereocenters. The third-order valence-corrected chi connectivity index (χ3v) is 6.98. The standard InChI is InChI=1S/C32H28N3O2.Pt/c1-5-21-17-30(33-26(6-2)20(21)4)35-27-12-8-7-10-24(27)25-15-14-22(18-28(25)35)37-31-16-19(3)23-11-9-13-29(36)32(23)34-31;/h7-17,36H,5-6H2,1-4H3;/q-1;/i3D3;. The number of aryl methyl sites for hydroxylation is 3. The number of phenolic OH excluding ortho intramolecular Hbond substituents is 1. The summed E-state index contributed by atoms with van der Waals surface area (Å²) < 4.78 is 32.3. The van der Waals surface area contributed by atoms with Gasteiger partial charge in [0.25, 0.3) is 0 Å². The second-order valence-electron chi connectivity index (χ2n) is 9.14. The quantitative estimate of drug-likeness (QED) is 0.189. The Morgan fingerprint density at radius 3 is 2.55 bits per heavy atom. The molecule has 6 aromatic rings. The first-order chi connectivity index (χ1) is 19.2. The molecule has 3 aromatic heterocycles. The Labute approximate surface area is 240 Å². The molecule has 0 aliphatic carbocycles. The van der Waals surface area contributed by atoms with Crippen molar-refractivity contribution >= 4 is 32.7 Å². The number of hydrogen-bond donors (Lipinski definition) is 1. The third kappa shape index (κ3) is 4.25. The van der Waals surface area contributed by atoms with Crippen LogP contribution in [0.2, 0.25) is 0 Å². The Morgan fingerprint density at radius 2 is 1.76 bits per heavy atom. The maximum absolute atomic E-state index is 10.4. The number of aromatic nitrogens is 3. The summed E-state index contributed by atoms with van der Waals surface area (Å²) in [5, 5.41) is 12.8. The Kier molecular flexibility index (Phi) is 6.00. The van der Waals surface area contributed by atoms with Crippen LogP contribution in [0.5, 0.6) is 17.4 Å². The van der Waals surface area contributed by atoms with Crippen LogP contribution in [0.25, 0.3) is 38.5 Å². The van der Waals surface area contributed by atoms with Gasteiger partial charge in [-0.05, 0) is 66.9 Å². The molecule has 38 heavy (non-hydrogen) atoms. The Balaban J connectivity index is 0.00000337. The summed E-state index contributed by atoms with van der Waals surface area (Å²) >= 11 is 0. The summed E-state index contributed by atoms with van der Waals surface area (Å²) in [5.41, 5.74) is 5.55. The van der Waals surface area contributed by atoms with Gasteiger partial charge in [-0.2, -0.15) is 6.07 Å². The average Bonchev–Trinajstić information content (AvgIpc) is 3.26. The van der Waals surface area contributed by atoms with Crippen molar-refractivity contribution in [3.63, 3.8) is 0 Å². The van der Waals surface area contributed by atoms with Crippen molar-refractivity contribution in [1.29, 1.82) is 0 Å². The minimum atomic E-state index is -2.42. The van der Waals surface area contributed by atoms with E-state index >= 15 is 0 Å². The molecule has 6 heteroatoms. The van der Waals surface area contributed by atoms with Crippen LogP contribution in [-0.2, 0) is 33.9 Å². The first-order valence-electron chi connectivity index (χ1n) is 14.0. The van der Waals surface area contributed by atoms with E-state index in [4.69, 9.17) is 13.8 Å². The van der Waals surface area contributed by atoms with Crippen molar-refractivity contribution < 1.29 is 35.0 Å². The molecule has 3 aromatic carbocycles. The number of pyridine rings is 2. The number of nitrogens with zero attached hydrogens (tertiary/aromatic N) is 3. The molecule has 0 saturated carbocycles. The summed E-state index contributed by atoms with van der Waals surface area (Å²) in [5.74, 6) is 1.14. The van der Waals surface area contributed by atoms with Gasteiger partial charge in [0.05, 0.1) is 0 Å². The first kappa shape index (κ1) is 22.3. The van der Waals surface area contributed by atoms with Crippen LogP contribution in [0.3, 0.4) is 0 Å². The van der Waals surface area contributed by atoms with E-state index in [0.29, 0.717) is 11.1 Å². The molecular formula is C32H28N3O2Pt-. The normalized spacial score (nSPS) is 12.8. The van der Waals surface area contributed by atoms with E-state index in [2.05, 4.69) is 54.6 Å². The fraction of sp³-hybridized carbons (Fsp3) is 0.188. The molecule has 0 bridgehead atoms. The molecule has 0 unspecified atom stereocenters. The molecule has 0 aliphatic heterocycles. The van der Waals surface area contributed by atoms with Gasteiger partial charge in [-0.25, -0.2) is 9.97 Å². The van der Waals surface area contributed by atoms with E-state index in [0.717, 1.165) is 46.2 Å². The Bertz CT molecular complexity index is 1910. The topological polar surface area (TPSA) is 60.2 Å². The summed E-state index contributed by atoms with van der Waals surface area (Å²) in [6.07, 6.45) is 1.73. The van der Waals surface area contributed by atoms with Crippen LogP contribution < -0.4 is 4.74 Å². The number of ether oxygens (including phenoxy) is 1. The van der Waals surface area contributed by atoms with Gasteiger partial charge < -0.3 is 14.4 Å². The molecule has 0 spiro atoms. The minimum Gasteiger partial charge on any atom is -0.506 e. The van der Waals surface area contributed by atoms with Gasteiger partial charge in [0.2, 0.25) is 5.88 Å². The largest absolute Gasteiger partial charge is 0.506 e. The van der Waals surface area contributed by atoms with Crippen molar-refractivity contribution in [1.82, 2.24) is 14.5 Å². The number of hydrogen-bond acceptors (Lipinski definition) is 4. The van der Waals surface area contributed by atoms with Crippen molar-refractivity contribution in [3.05, 3.63) is 95.2 Å². The Morgan fingerprint density at radius 1 is 0.947 bits per heavy atom. The number of benzene rings is 3. The van der Waals surface area contributed by atoms with Gasteiger partial charge in [-0.3, -0.25) is 0 Å². The number of para-hydroxylation sites is 2. The van der Waals surface area contributed by atoms with Crippen molar-refractivity contribution in [3.8, 4) is 23.2 Å². The number of phenols is 1. The summed E-state index contributed by atoms with van der Waals surface area (Å²) in [4.78, 5) is 9.48. The van der Waals surface area contributed by atoms with Gasteiger partial charge in [0, 0.05) is 53.6 Å². The van der Waals surface area contributed by atoms with Crippen LogP contribution in [0.15, 0.2) is 66.7 Å². The summed E-state index contributed by atoms with van der Waals surface area (Å²) in [6.45, 7) is 3.97. The smallest absolute Gasteiger partial charge is 0.217 e. The van der Waals surface area contributed by atoms with Gasteiger partial charge in [0.1, 0.15) is 17.1 Å². The molecule has 194 valence electrons. The maximum Gasteiger partial charge on any atom is 0.217 e. The zero-order valence-electron chi connectivity index (χ0n) is 24.3. The molecular weight excluding hydrogens is 653 g/mol. The molecule has 0 saturated heterocycles. The molecule has 0 aliphatic rings. The predicted molar refractivity (Wildman–Crippen MR) is 149 cm³/mol. The van der Waals surface area contributed by atoms with Gasteiger partial charge >= 0.3 is 0 Å². The average molecular weight is 685 g/mol. The maximum atomic E-state index is 10.4. The van der Waals surface area contributed by atoms with Crippen LogP contribution in [0, 0.1) is 19.8 Å². The Hall–Kier alpha value is -3.69. The number of fused-ring (bicyclic) bond motifs is 4. The molecule has 0 amide bonds. The van der Waals surface area contributed by atoms with E-state index in [9.17, 15) is 5.11 Å². The van der Waals surface area contributed by atoms with Crippen LogP contribution in [0.1, 0.15) is 40.3 Å². The van der Waals surface area contributed by atoms with E-state index < -0.39 is 6.85 Å². The fourth-order valence-corrected chi connectivity index (χ4v) is 5.08.